The van der Waals surface area contributed by atoms with E-state index in [9.17, 15) is 0 Å². The Kier molecular flexibility index (Phi) is 7.67. The molecule has 0 atom stereocenters. The first kappa shape index (κ1) is 14.2. The SMILES string of the molecule is CCCCOCCn1ccc(CNCCC)n1. The third-order valence-electron chi connectivity index (χ3n) is 2.54. The lowest BCUT2D eigenvalue weighted by Crippen LogP contribution is -2.15. The number of aromatic nitrogens is 2. The average Bonchev–Trinajstić information content (AvgIpc) is 2.77. The highest BCUT2D eigenvalue weighted by Gasteiger charge is 1.98. The van der Waals surface area contributed by atoms with Crippen LogP contribution >= 0.6 is 0 Å². The van der Waals surface area contributed by atoms with Gasteiger partial charge in [0.2, 0.25) is 0 Å². The second kappa shape index (κ2) is 9.19. The maximum Gasteiger partial charge on any atom is 0.0762 e. The number of hydrogen-bond acceptors (Lipinski definition) is 3. The number of nitrogens with zero attached hydrogens (tertiary/aromatic N) is 2. The fraction of sp³-hybridized carbons (Fsp3) is 0.769. The van der Waals surface area contributed by atoms with Gasteiger partial charge in [0, 0.05) is 19.3 Å². The van der Waals surface area contributed by atoms with Gasteiger partial charge < -0.3 is 10.1 Å². The molecule has 0 unspecified atom stereocenters. The second-order valence-corrected chi connectivity index (χ2v) is 4.21. The topological polar surface area (TPSA) is 39.1 Å². The van der Waals surface area contributed by atoms with Gasteiger partial charge in [-0.3, -0.25) is 4.68 Å². The number of nitrogens with one attached hydrogen (secondary N) is 1. The highest BCUT2D eigenvalue weighted by Crippen LogP contribution is 1.96. The molecular weight excluding hydrogens is 214 g/mol. The predicted octanol–water partition coefficient (Wildman–Crippen LogP) is 2.20. The number of ether oxygens (including phenoxy) is 1. The van der Waals surface area contributed by atoms with Crippen LogP contribution in [0.2, 0.25) is 0 Å². The molecule has 0 spiro atoms. The maximum absolute atomic E-state index is 5.51. The molecule has 4 nitrogen and oxygen atoms in total. The zero-order valence-electron chi connectivity index (χ0n) is 11.1. The summed E-state index contributed by atoms with van der Waals surface area (Å²) in [7, 11) is 0. The van der Waals surface area contributed by atoms with Crippen LogP contribution in [0.25, 0.3) is 0 Å². The van der Waals surface area contributed by atoms with Gasteiger partial charge in [0.25, 0.3) is 0 Å². The van der Waals surface area contributed by atoms with Crippen LogP contribution in [0.3, 0.4) is 0 Å². The lowest BCUT2D eigenvalue weighted by molar-refractivity contribution is 0.121. The zero-order valence-corrected chi connectivity index (χ0v) is 11.1. The molecule has 0 aromatic carbocycles. The maximum atomic E-state index is 5.51. The summed E-state index contributed by atoms with van der Waals surface area (Å²) in [6, 6.07) is 2.06. The van der Waals surface area contributed by atoms with Gasteiger partial charge >= 0.3 is 0 Å². The Bertz CT molecular complexity index is 286. The minimum absolute atomic E-state index is 0.753. The number of unbranched alkanes of at least 4 members (excludes halogenated alkanes) is 1. The molecule has 0 fully saturated rings. The summed E-state index contributed by atoms with van der Waals surface area (Å²) in [6.07, 6.45) is 5.51. The zero-order chi connectivity index (χ0) is 12.3. The molecule has 1 N–H and O–H groups in total. The molecule has 0 aliphatic heterocycles. The lowest BCUT2D eigenvalue weighted by atomic mass is 10.4. The van der Waals surface area contributed by atoms with Crippen molar-refractivity contribution >= 4 is 0 Å². The van der Waals surface area contributed by atoms with Gasteiger partial charge in [-0.2, -0.15) is 5.10 Å². The second-order valence-electron chi connectivity index (χ2n) is 4.21. The lowest BCUT2D eigenvalue weighted by Gasteiger charge is -2.03. The standard InChI is InChI=1S/C13H25N3O/c1-3-5-10-17-11-9-16-8-6-13(15-16)12-14-7-4-2/h6,8,14H,3-5,7,9-12H2,1-2H3. The summed E-state index contributed by atoms with van der Waals surface area (Å²) in [5.41, 5.74) is 1.10. The molecule has 0 saturated carbocycles. The van der Waals surface area contributed by atoms with Gasteiger partial charge in [-0.05, 0) is 25.5 Å². The van der Waals surface area contributed by atoms with Crippen molar-refractivity contribution in [3.8, 4) is 0 Å². The van der Waals surface area contributed by atoms with E-state index in [4.69, 9.17) is 4.74 Å². The molecule has 0 saturated heterocycles. The van der Waals surface area contributed by atoms with E-state index >= 15 is 0 Å². The van der Waals surface area contributed by atoms with Crippen LogP contribution in [-0.2, 0) is 17.8 Å². The third-order valence-corrected chi connectivity index (χ3v) is 2.54. The van der Waals surface area contributed by atoms with Crippen molar-refractivity contribution in [1.29, 1.82) is 0 Å². The van der Waals surface area contributed by atoms with Gasteiger partial charge in [0.1, 0.15) is 0 Å². The Labute approximate surface area is 104 Å². The van der Waals surface area contributed by atoms with Crippen molar-refractivity contribution in [2.24, 2.45) is 0 Å². The highest BCUT2D eigenvalue weighted by atomic mass is 16.5. The summed E-state index contributed by atoms with van der Waals surface area (Å²) in [5, 5.41) is 7.82. The van der Waals surface area contributed by atoms with Crippen LogP contribution < -0.4 is 5.32 Å². The minimum Gasteiger partial charge on any atom is -0.380 e. The molecule has 0 aliphatic rings. The van der Waals surface area contributed by atoms with Gasteiger partial charge in [-0.15, -0.1) is 0 Å². The fourth-order valence-electron chi connectivity index (χ4n) is 1.52. The van der Waals surface area contributed by atoms with Crippen LogP contribution in [0, 0.1) is 0 Å². The van der Waals surface area contributed by atoms with E-state index in [1.807, 2.05) is 10.9 Å². The first-order chi connectivity index (χ1) is 8.36. The average molecular weight is 239 g/mol. The van der Waals surface area contributed by atoms with Crippen LogP contribution in [0.1, 0.15) is 38.8 Å². The summed E-state index contributed by atoms with van der Waals surface area (Å²) >= 11 is 0. The van der Waals surface area contributed by atoms with E-state index in [-0.39, 0.29) is 0 Å². The van der Waals surface area contributed by atoms with Crippen LogP contribution in [0.4, 0.5) is 0 Å². The first-order valence-corrected chi connectivity index (χ1v) is 6.67. The van der Waals surface area contributed by atoms with Crippen molar-refractivity contribution < 1.29 is 4.74 Å². The molecule has 1 aromatic heterocycles. The highest BCUT2D eigenvalue weighted by molar-refractivity contribution is 4.98. The fourth-order valence-corrected chi connectivity index (χ4v) is 1.52. The van der Waals surface area contributed by atoms with Crippen molar-refractivity contribution in [2.75, 3.05) is 19.8 Å². The van der Waals surface area contributed by atoms with Gasteiger partial charge in [-0.25, -0.2) is 0 Å². The molecule has 0 bridgehead atoms. The Hall–Kier alpha value is -0.870. The number of hydrogen-bond donors (Lipinski definition) is 1. The van der Waals surface area contributed by atoms with E-state index in [2.05, 4.69) is 30.3 Å². The van der Waals surface area contributed by atoms with E-state index in [1.54, 1.807) is 0 Å². The normalized spacial score (nSPS) is 10.9. The summed E-state index contributed by atoms with van der Waals surface area (Å²) in [4.78, 5) is 0. The molecular formula is C13H25N3O. The molecule has 1 heterocycles. The van der Waals surface area contributed by atoms with Crippen LogP contribution in [0.5, 0.6) is 0 Å². The van der Waals surface area contributed by atoms with E-state index < -0.39 is 0 Å². The molecule has 0 aliphatic carbocycles. The monoisotopic (exact) mass is 239 g/mol. The van der Waals surface area contributed by atoms with Gasteiger partial charge in [-0.1, -0.05) is 20.3 Å². The van der Waals surface area contributed by atoms with Crippen molar-refractivity contribution in [1.82, 2.24) is 15.1 Å². The molecule has 0 radical (unpaired) electrons. The molecule has 1 aromatic rings. The van der Waals surface area contributed by atoms with Gasteiger partial charge in [0.05, 0.1) is 18.8 Å². The molecule has 0 amide bonds. The summed E-state index contributed by atoms with van der Waals surface area (Å²) in [5.74, 6) is 0. The molecule has 17 heavy (non-hydrogen) atoms. The number of rotatable bonds is 10. The van der Waals surface area contributed by atoms with E-state index in [0.717, 1.165) is 51.4 Å². The van der Waals surface area contributed by atoms with E-state index in [1.165, 1.54) is 6.42 Å². The van der Waals surface area contributed by atoms with Gasteiger partial charge in [0.15, 0.2) is 0 Å². The molecule has 98 valence electrons. The Morgan fingerprint density at radius 3 is 2.94 bits per heavy atom. The largest absolute Gasteiger partial charge is 0.380 e. The minimum atomic E-state index is 0.753. The molecule has 4 heteroatoms. The van der Waals surface area contributed by atoms with Crippen molar-refractivity contribution in [3.63, 3.8) is 0 Å². The first-order valence-electron chi connectivity index (χ1n) is 6.67. The molecule has 1 rings (SSSR count). The Morgan fingerprint density at radius 1 is 1.29 bits per heavy atom. The summed E-state index contributed by atoms with van der Waals surface area (Å²) < 4.78 is 7.46. The van der Waals surface area contributed by atoms with Crippen molar-refractivity contribution in [2.45, 2.75) is 46.2 Å². The quantitative estimate of drug-likeness (QED) is 0.636. The van der Waals surface area contributed by atoms with E-state index in [0.29, 0.717) is 0 Å². The van der Waals surface area contributed by atoms with Crippen LogP contribution in [-0.4, -0.2) is 29.5 Å². The van der Waals surface area contributed by atoms with Crippen LogP contribution in [0.15, 0.2) is 12.3 Å². The smallest absolute Gasteiger partial charge is 0.0762 e. The Balaban J connectivity index is 2.12. The Morgan fingerprint density at radius 2 is 2.18 bits per heavy atom. The third kappa shape index (κ3) is 6.44. The van der Waals surface area contributed by atoms with Crippen molar-refractivity contribution in [3.05, 3.63) is 18.0 Å². The predicted molar refractivity (Wildman–Crippen MR) is 70.0 cm³/mol. The summed E-state index contributed by atoms with van der Waals surface area (Å²) in [6.45, 7) is 8.71.